The van der Waals surface area contributed by atoms with Gasteiger partial charge in [-0.2, -0.15) is 0 Å². The summed E-state index contributed by atoms with van der Waals surface area (Å²) in [4.78, 5) is 8.99. The molecule has 0 saturated carbocycles. The summed E-state index contributed by atoms with van der Waals surface area (Å²) in [6, 6.07) is 16.8. The largest absolute Gasteiger partial charge is 0.378 e. The number of morpholine rings is 1. The number of hydrogen-bond donors (Lipinski definition) is 0. The molecule has 0 unspecified atom stereocenters. The van der Waals surface area contributed by atoms with Gasteiger partial charge in [0.05, 0.1) is 18.9 Å². The minimum absolute atomic E-state index is 0.808. The SMILES string of the molecule is CN(C)c1ccc(C=Nc2ccc(N3CCOCC3)cc2)cc1. The van der Waals surface area contributed by atoms with Gasteiger partial charge >= 0.3 is 0 Å². The molecule has 0 amide bonds. The third-order valence-corrected chi connectivity index (χ3v) is 4.00. The first-order chi connectivity index (χ1) is 11.2. The second kappa shape index (κ2) is 7.29. The predicted octanol–water partition coefficient (Wildman–Crippen LogP) is 3.34. The summed E-state index contributed by atoms with van der Waals surface area (Å²) in [5.41, 5.74) is 4.51. The van der Waals surface area contributed by atoms with Crippen LogP contribution < -0.4 is 9.80 Å². The molecule has 1 aliphatic rings. The van der Waals surface area contributed by atoms with Gasteiger partial charge in [-0.15, -0.1) is 0 Å². The highest BCUT2D eigenvalue weighted by molar-refractivity contribution is 5.82. The lowest BCUT2D eigenvalue weighted by Crippen LogP contribution is -2.36. The van der Waals surface area contributed by atoms with Crippen molar-refractivity contribution in [3.8, 4) is 0 Å². The number of benzene rings is 2. The summed E-state index contributed by atoms with van der Waals surface area (Å²) >= 11 is 0. The molecule has 120 valence electrons. The van der Waals surface area contributed by atoms with Gasteiger partial charge in [0.2, 0.25) is 0 Å². The fourth-order valence-corrected chi connectivity index (χ4v) is 2.58. The van der Waals surface area contributed by atoms with Gasteiger partial charge in [0.25, 0.3) is 0 Å². The molecule has 1 aliphatic heterocycles. The summed E-state index contributed by atoms with van der Waals surface area (Å²) in [5.74, 6) is 0. The quantitative estimate of drug-likeness (QED) is 0.811. The molecule has 0 atom stereocenters. The van der Waals surface area contributed by atoms with Gasteiger partial charge in [0.1, 0.15) is 0 Å². The molecule has 1 saturated heterocycles. The summed E-state index contributed by atoms with van der Waals surface area (Å²) in [7, 11) is 4.08. The van der Waals surface area contributed by atoms with E-state index in [1.54, 1.807) is 0 Å². The average Bonchev–Trinajstić information content (AvgIpc) is 2.61. The Kier molecular flexibility index (Phi) is 4.93. The standard InChI is InChI=1S/C19H23N3O/c1-21(2)18-7-3-16(4-8-18)15-20-17-5-9-19(10-6-17)22-11-13-23-14-12-22/h3-10,15H,11-14H2,1-2H3. The van der Waals surface area contributed by atoms with Crippen LogP contribution in [0, 0.1) is 0 Å². The molecule has 0 aliphatic carbocycles. The fraction of sp³-hybridized carbons (Fsp3) is 0.316. The summed E-state index contributed by atoms with van der Waals surface area (Å²) in [5, 5.41) is 0. The lowest BCUT2D eigenvalue weighted by atomic mass is 10.2. The first kappa shape index (κ1) is 15.6. The number of anilines is 2. The van der Waals surface area contributed by atoms with Crippen LogP contribution in [0.5, 0.6) is 0 Å². The van der Waals surface area contributed by atoms with Crippen molar-refractivity contribution in [2.75, 3.05) is 50.2 Å². The zero-order valence-corrected chi connectivity index (χ0v) is 13.8. The van der Waals surface area contributed by atoms with Crippen LogP contribution >= 0.6 is 0 Å². The number of rotatable bonds is 4. The molecular formula is C19H23N3O. The Morgan fingerprint density at radius 2 is 1.61 bits per heavy atom. The molecule has 3 rings (SSSR count). The van der Waals surface area contributed by atoms with E-state index in [9.17, 15) is 0 Å². The van der Waals surface area contributed by atoms with Crippen LogP contribution in [0.1, 0.15) is 5.56 Å². The van der Waals surface area contributed by atoms with Crippen LogP contribution in [0.15, 0.2) is 53.5 Å². The van der Waals surface area contributed by atoms with Gasteiger partial charge in [0, 0.05) is 44.8 Å². The van der Waals surface area contributed by atoms with Crippen molar-refractivity contribution < 1.29 is 4.74 Å². The summed E-state index contributed by atoms with van der Waals surface area (Å²) < 4.78 is 5.39. The van der Waals surface area contributed by atoms with Crippen molar-refractivity contribution in [2.24, 2.45) is 4.99 Å². The lowest BCUT2D eigenvalue weighted by molar-refractivity contribution is 0.122. The highest BCUT2D eigenvalue weighted by Gasteiger charge is 2.10. The minimum atomic E-state index is 0.808. The zero-order chi connectivity index (χ0) is 16.1. The maximum absolute atomic E-state index is 5.39. The van der Waals surface area contributed by atoms with Crippen LogP contribution in [-0.4, -0.2) is 46.6 Å². The number of aliphatic imine (C=N–C) groups is 1. The van der Waals surface area contributed by atoms with E-state index in [0.717, 1.165) is 37.6 Å². The van der Waals surface area contributed by atoms with Crippen LogP contribution in [-0.2, 0) is 4.74 Å². The van der Waals surface area contributed by atoms with Gasteiger partial charge in [-0.25, -0.2) is 0 Å². The lowest BCUT2D eigenvalue weighted by Gasteiger charge is -2.28. The van der Waals surface area contributed by atoms with E-state index >= 15 is 0 Å². The zero-order valence-electron chi connectivity index (χ0n) is 13.8. The number of hydrogen-bond acceptors (Lipinski definition) is 4. The van der Waals surface area contributed by atoms with Crippen molar-refractivity contribution in [1.82, 2.24) is 0 Å². The van der Waals surface area contributed by atoms with Crippen molar-refractivity contribution in [3.05, 3.63) is 54.1 Å². The van der Waals surface area contributed by atoms with E-state index in [1.165, 1.54) is 11.4 Å². The molecule has 2 aromatic carbocycles. The topological polar surface area (TPSA) is 28.1 Å². The molecule has 4 heteroatoms. The Hall–Kier alpha value is -2.33. The van der Waals surface area contributed by atoms with Gasteiger partial charge in [-0.05, 0) is 42.0 Å². The molecular weight excluding hydrogens is 286 g/mol. The van der Waals surface area contributed by atoms with Crippen molar-refractivity contribution >= 4 is 23.3 Å². The van der Waals surface area contributed by atoms with Crippen LogP contribution in [0.2, 0.25) is 0 Å². The normalized spacial score (nSPS) is 15.1. The van der Waals surface area contributed by atoms with Gasteiger partial charge in [-0.1, -0.05) is 12.1 Å². The fourth-order valence-electron chi connectivity index (χ4n) is 2.58. The highest BCUT2D eigenvalue weighted by atomic mass is 16.5. The van der Waals surface area contributed by atoms with E-state index in [2.05, 4.69) is 63.3 Å². The van der Waals surface area contributed by atoms with Gasteiger partial charge in [-0.3, -0.25) is 4.99 Å². The molecule has 0 bridgehead atoms. The smallest absolute Gasteiger partial charge is 0.0642 e. The van der Waals surface area contributed by atoms with E-state index in [1.807, 2.05) is 20.3 Å². The third kappa shape index (κ3) is 4.11. The van der Waals surface area contributed by atoms with Crippen molar-refractivity contribution in [3.63, 3.8) is 0 Å². The third-order valence-electron chi connectivity index (χ3n) is 4.00. The second-order valence-corrected chi connectivity index (χ2v) is 5.86. The Bertz CT molecular complexity index is 641. The molecule has 23 heavy (non-hydrogen) atoms. The Balaban J connectivity index is 1.65. The van der Waals surface area contributed by atoms with Gasteiger partial charge < -0.3 is 14.5 Å². The number of nitrogens with zero attached hydrogens (tertiary/aromatic N) is 3. The van der Waals surface area contributed by atoms with E-state index in [-0.39, 0.29) is 0 Å². The van der Waals surface area contributed by atoms with Crippen molar-refractivity contribution in [2.45, 2.75) is 0 Å². The van der Waals surface area contributed by atoms with E-state index in [0.29, 0.717) is 0 Å². The Morgan fingerprint density at radius 1 is 0.957 bits per heavy atom. The molecule has 0 radical (unpaired) electrons. The highest BCUT2D eigenvalue weighted by Crippen LogP contribution is 2.21. The second-order valence-electron chi connectivity index (χ2n) is 5.86. The Labute approximate surface area is 138 Å². The summed E-state index contributed by atoms with van der Waals surface area (Å²) in [6.45, 7) is 3.54. The van der Waals surface area contributed by atoms with Crippen LogP contribution in [0.3, 0.4) is 0 Å². The van der Waals surface area contributed by atoms with E-state index in [4.69, 9.17) is 4.74 Å². The molecule has 1 fully saturated rings. The first-order valence-electron chi connectivity index (χ1n) is 7.96. The average molecular weight is 309 g/mol. The molecule has 0 N–H and O–H groups in total. The predicted molar refractivity (Wildman–Crippen MR) is 97.5 cm³/mol. The molecule has 1 heterocycles. The minimum Gasteiger partial charge on any atom is -0.378 e. The van der Waals surface area contributed by atoms with Gasteiger partial charge in [0.15, 0.2) is 0 Å². The first-order valence-corrected chi connectivity index (χ1v) is 7.96. The molecule has 0 spiro atoms. The van der Waals surface area contributed by atoms with E-state index < -0.39 is 0 Å². The van der Waals surface area contributed by atoms with Crippen LogP contribution in [0.4, 0.5) is 17.1 Å². The van der Waals surface area contributed by atoms with Crippen LogP contribution in [0.25, 0.3) is 0 Å². The van der Waals surface area contributed by atoms with Crippen molar-refractivity contribution in [1.29, 1.82) is 0 Å². The monoisotopic (exact) mass is 309 g/mol. The summed E-state index contributed by atoms with van der Waals surface area (Å²) in [6.07, 6.45) is 1.91. The molecule has 0 aromatic heterocycles. The molecule has 4 nitrogen and oxygen atoms in total. The molecule has 2 aromatic rings. The maximum atomic E-state index is 5.39. The number of ether oxygens (including phenoxy) is 1. The maximum Gasteiger partial charge on any atom is 0.0642 e. The Morgan fingerprint density at radius 3 is 2.22 bits per heavy atom.